The molecule has 0 saturated carbocycles. The summed E-state index contributed by atoms with van der Waals surface area (Å²) in [5.74, 6) is 0. The highest BCUT2D eigenvalue weighted by molar-refractivity contribution is 7.92. The molecular weight excluding hydrogens is 302 g/mol. The van der Waals surface area contributed by atoms with E-state index in [2.05, 4.69) is 14.7 Å². The molecule has 0 fully saturated rings. The largest absolute Gasteiger partial charge is 0.471 e. The molecule has 1 N–H and O–H groups in total. The zero-order valence-electron chi connectivity index (χ0n) is 11.7. The number of anilines is 1. The maximum Gasteiger partial charge on any atom is 0.265 e. The van der Waals surface area contributed by atoms with Crippen LogP contribution in [0.1, 0.15) is 5.56 Å². The number of hydrogen-bond acceptors (Lipinski definition) is 5. The summed E-state index contributed by atoms with van der Waals surface area (Å²) >= 11 is 0. The molecule has 6 nitrogen and oxygen atoms in total. The first-order valence-electron chi connectivity index (χ1n) is 6.48. The van der Waals surface area contributed by atoms with Gasteiger partial charge in [0.05, 0.1) is 23.8 Å². The summed E-state index contributed by atoms with van der Waals surface area (Å²) in [5, 5.41) is 0. The quantitative estimate of drug-likeness (QED) is 0.800. The Labute approximate surface area is 127 Å². The van der Waals surface area contributed by atoms with E-state index < -0.39 is 10.0 Å². The lowest BCUT2D eigenvalue weighted by Gasteiger charge is -2.11. The Morgan fingerprint density at radius 1 is 1.18 bits per heavy atom. The van der Waals surface area contributed by atoms with Crippen LogP contribution in [-0.2, 0) is 10.0 Å². The first-order chi connectivity index (χ1) is 10.6. The minimum absolute atomic E-state index is 0.0804. The lowest BCUT2D eigenvalue weighted by Crippen LogP contribution is -2.13. The van der Waals surface area contributed by atoms with E-state index in [1.165, 1.54) is 18.6 Å². The Hall–Kier alpha value is -2.67. The zero-order valence-corrected chi connectivity index (χ0v) is 12.5. The molecule has 3 aromatic rings. The van der Waals surface area contributed by atoms with Crippen molar-refractivity contribution < 1.29 is 12.8 Å². The van der Waals surface area contributed by atoms with Crippen molar-refractivity contribution in [3.05, 3.63) is 60.9 Å². The van der Waals surface area contributed by atoms with Crippen molar-refractivity contribution in [2.45, 2.75) is 11.8 Å². The van der Waals surface area contributed by atoms with Crippen molar-refractivity contribution >= 4 is 15.7 Å². The highest BCUT2D eigenvalue weighted by Crippen LogP contribution is 2.25. The molecule has 0 spiro atoms. The van der Waals surface area contributed by atoms with Crippen molar-refractivity contribution in [1.29, 1.82) is 0 Å². The van der Waals surface area contributed by atoms with Crippen molar-refractivity contribution in [1.82, 2.24) is 9.97 Å². The van der Waals surface area contributed by atoms with Gasteiger partial charge in [0.2, 0.25) is 0 Å². The topological polar surface area (TPSA) is 85.1 Å². The van der Waals surface area contributed by atoms with Gasteiger partial charge in [-0.25, -0.2) is 8.42 Å². The molecule has 2 heterocycles. The van der Waals surface area contributed by atoms with E-state index in [1.54, 1.807) is 24.7 Å². The second-order valence-electron chi connectivity index (χ2n) is 4.68. The van der Waals surface area contributed by atoms with Gasteiger partial charge in [0, 0.05) is 18.0 Å². The summed E-state index contributed by atoms with van der Waals surface area (Å²) in [6.07, 6.45) is 7.30. The maximum atomic E-state index is 12.3. The number of benzene rings is 1. The Bertz CT molecular complexity index is 876. The van der Waals surface area contributed by atoms with Crippen molar-refractivity contribution in [2.75, 3.05) is 4.72 Å². The van der Waals surface area contributed by atoms with E-state index in [1.807, 2.05) is 19.1 Å². The van der Waals surface area contributed by atoms with Crippen LogP contribution in [0.4, 0.5) is 5.69 Å². The molecule has 0 aliphatic carbocycles. The summed E-state index contributed by atoms with van der Waals surface area (Å²) in [6.45, 7) is 1.83. The Morgan fingerprint density at radius 3 is 2.73 bits per heavy atom. The van der Waals surface area contributed by atoms with Crippen molar-refractivity contribution in [3.63, 3.8) is 0 Å². The lowest BCUT2D eigenvalue weighted by atomic mass is 10.1. The fourth-order valence-corrected chi connectivity index (χ4v) is 2.99. The summed E-state index contributed by atoms with van der Waals surface area (Å²) in [4.78, 5) is 8.31. The van der Waals surface area contributed by atoms with Crippen LogP contribution in [0.2, 0.25) is 0 Å². The highest BCUT2D eigenvalue weighted by atomic mass is 32.2. The predicted octanol–water partition coefficient (Wildman–Crippen LogP) is 2.85. The molecule has 0 saturated heterocycles. The Morgan fingerprint density at radius 2 is 2.05 bits per heavy atom. The zero-order chi connectivity index (χ0) is 15.6. The average molecular weight is 315 g/mol. The van der Waals surface area contributed by atoms with Crippen LogP contribution >= 0.6 is 0 Å². The fraction of sp³-hybridized carbons (Fsp3) is 0.0667. The van der Waals surface area contributed by atoms with Gasteiger partial charge in [-0.05, 0) is 24.6 Å². The van der Waals surface area contributed by atoms with Gasteiger partial charge in [-0.3, -0.25) is 14.7 Å². The number of nitrogens with one attached hydrogen (secondary N) is 1. The van der Waals surface area contributed by atoms with Crippen LogP contribution in [0, 0.1) is 6.92 Å². The third-order valence-electron chi connectivity index (χ3n) is 3.15. The van der Waals surface area contributed by atoms with Crippen LogP contribution in [0.15, 0.2) is 64.7 Å². The molecule has 0 bridgehead atoms. The van der Waals surface area contributed by atoms with Gasteiger partial charge in [0.25, 0.3) is 10.0 Å². The normalized spacial score (nSPS) is 11.3. The molecule has 0 aliphatic heterocycles. The van der Waals surface area contributed by atoms with E-state index in [0.29, 0.717) is 11.4 Å². The summed E-state index contributed by atoms with van der Waals surface area (Å²) in [5.41, 5.74) is 2.75. The Balaban J connectivity index is 1.98. The van der Waals surface area contributed by atoms with Crippen LogP contribution in [-0.4, -0.2) is 18.4 Å². The number of aryl methyl sites for hydroxylation is 1. The molecule has 0 atom stereocenters. The first-order valence-corrected chi connectivity index (χ1v) is 7.97. The fourth-order valence-electron chi connectivity index (χ4n) is 1.95. The molecule has 0 radical (unpaired) electrons. The van der Waals surface area contributed by atoms with E-state index in [4.69, 9.17) is 4.42 Å². The highest BCUT2D eigenvalue weighted by Gasteiger charge is 2.17. The number of rotatable bonds is 4. The summed E-state index contributed by atoms with van der Waals surface area (Å²) < 4.78 is 31.9. The molecule has 0 amide bonds. The Kier molecular flexibility index (Phi) is 3.64. The van der Waals surface area contributed by atoms with E-state index in [9.17, 15) is 8.42 Å². The van der Waals surface area contributed by atoms with Crippen LogP contribution in [0.25, 0.3) is 11.3 Å². The van der Waals surface area contributed by atoms with E-state index in [-0.39, 0.29) is 4.90 Å². The number of sulfonamides is 1. The molecule has 0 unspecified atom stereocenters. The molecule has 22 heavy (non-hydrogen) atoms. The van der Waals surface area contributed by atoms with Gasteiger partial charge in [0.15, 0.2) is 0 Å². The van der Waals surface area contributed by atoms with E-state index >= 15 is 0 Å². The van der Waals surface area contributed by atoms with E-state index in [0.717, 1.165) is 11.1 Å². The first kappa shape index (κ1) is 14.3. The predicted molar refractivity (Wildman–Crippen MR) is 81.7 cm³/mol. The maximum absolute atomic E-state index is 12.3. The number of hydrogen-bond donors (Lipinski definition) is 1. The van der Waals surface area contributed by atoms with Crippen molar-refractivity contribution in [2.24, 2.45) is 0 Å². The molecular formula is C15H13N3O3S. The van der Waals surface area contributed by atoms with Gasteiger partial charge in [-0.2, -0.15) is 0 Å². The second-order valence-corrected chi connectivity index (χ2v) is 6.37. The van der Waals surface area contributed by atoms with Crippen LogP contribution in [0.3, 0.4) is 0 Å². The molecule has 0 aliphatic rings. The molecule has 2 aromatic heterocycles. The monoisotopic (exact) mass is 315 g/mol. The van der Waals surface area contributed by atoms with Gasteiger partial charge < -0.3 is 4.42 Å². The third-order valence-corrected chi connectivity index (χ3v) is 4.49. The average Bonchev–Trinajstić information content (AvgIpc) is 3.05. The SMILES string of the molecule is Cc1ccc(-c2cnccn2)cc1NS(=O)(=O)c1ccoc1. The number of furan rings is 1. The standard InChI is InChI=1S/C15H13N3O3S/c1-11-2-3-12(15-9-16-5-6-17-15)8-14(11)18-22(19,20)13-4-7-21-10-13/h2-10,18H,1H3. The van der Waals surface area contributed by atoms with Gasteiger partial charge >= 0.3 is 0 Å². The van der Waals surface area contributed by atoms with Gasteiger partial charge in [-0.1, -0.05) is 12.1 Å². The number of nitrogens with zero attached hydrogens (tertiary/aromatic N) is 2. The minimum Gasteiger partial charge on any atom is -0.471 e. The molecule has 112 valence electrons. The molecule has 1 aromatic carbocycles. The molecule has 3 rings (SSSR count). The van der Waals surface area contributed by atoms with Gasteiger partial charge in [-0.15, -0.1) is 0 Å². The molecule has 7 heteroatoms. The summed E-state index contributed by atoms with van der Waals surface area (Å²) in [7, 11) is -3.67. The van der Waals surface area contributed by atoms with Crippen LogP contribution < -0.4 is 4.72 Å². The minimum atomic E-state index is -3.67. The number of aromatic nitrogens is 2. The third kappa shape index (κ3) is 2.84. The van der Waals surface area contributed by atoms with Crippen molar-refractivity contribution in [3.8, 4) is 11.3 Å². The van der Waals surface area contributed by atoms with Crippen LogP contribution in [0.5, 0.6) is 0 Å². The second kappa shape index (κ2) is 5.61. The lowest BCUT2D eigenvalue weighted by molar-refractivity contribution is 0.557. The summed E-state index contributed by atoms with van der Waals surface area (Å²) in [6, 6.07) is 6.83. The smallest absolute Gasteiger partial charge is 0.265 e. The van der Waals surface area contributed by atoms with Gasteiger partial charge in [0.1, 0.15) is 11.2 Å².